The average molecular weight is 288 g/mol. The van der Waals surface area contributed by atoms with Gasteiger partial charge in [-0.15, -0.1) is 0 Å². The van der Waals surface area contributed by atoms with Gasteiger partial charge in [0.15, 0.2) is 0 Å². The van der Waals surface area contributed by atoms with E-state index in [1.807, 2.05) is 12.1 Å². The van der Waals surface area contributed by atoms with E-state index < -0.39 is 0 Å². The number of hydrogen-bond donors (Lipinski definition) is 1. The summed E-state index contributed by atoms with van der Waals surface area (Å²) in [5, 5.41) is 4.75. The molecule has 21 heavy (non-hydrogen) atoms. The van der Waals surface area contributed by atoms with Crippen LogP contribution in [0.2, 0.25) is 0 Å². The van der Waals surface area contributed by atoms with Gasteiger partial charge in [-0.25, -0.2) is 0 Å². The number of nitrogens with one attached hydrogen (secondary N) is 1. The number of hydrogen-bond acceptors (Lipinski definition) is 3. The summed E-state index contributed by atoms with van der Waals surface area (Å²) in [7, 11) is 0. The Morgan fingerprint density at radius 1 is 1.19 bits per heavy atom. The molecule has 1 atom stereocenters. The number of benzene rings is 1. The van der Waals surface area contributed by atoms with E-state index in [1.165, 1.54) is 18.2 Å². The molecule has 1 aromatic heterocycles. The Bertz CT molecular complexity index is 502. The molecule has 0 aliphatic carbocycles. The number of fused-ring (bicyclic) bond motifs is 1. The van der Waals surface area contributed by atoms with Crippen molar-refractivity contribution in [1.82, 2.24) is 10.2 Å². The van der Waals surface area contributed by atoms with Crippen molar-refractivity contribution >= 4 is 11.0 Å². The lowest BCUT2D eigenvalue weighted by atomic mass is 10.1. The standard InChI is InChI=1S/C18H28N2O/c1-4-7-12-20(6-3)14-16(19-5-2)18-13-15-10-8-9-11-17(15)21-18/h8-11,13,16,19H,4-7,12,14H2,1-3H3. The zero-order valence-corrected chi connectivity index (χ0v) is 13.6. The van der Waals surface area contributed by atoms with Crippen LogP contribution < -0.4 is 5.32 Å². The smallest absolute Gasteiger partial charge is 0.134 e. The van der Waals surface area contributed by atoms with Crippen molar-refractivity contribution in [3.63, 3.8) is 0 Å². The maximum Gasteiger partial charge on any atom is 0.134 e. The van der Waals surface area contributed by atoms with Gasteiger partial charge in [-0.1, -0.05) is 45.4 Å². The van der Waals surface area contributed by atoms with Crippen LogP contribution in [0, 0.1) is 0 Å². The number of unbranched alkanes of at least 4 members (excludes halogenated alkanes) is 1. The minimum atomic E-state index is 0.263. The summed E-state index contributed by atoms with van der Waals surface area (Å²) >= 11 is 0. The van der Waals surface area contributed by atoms with Crippen molar-refractivity contribution in [2.24, 2.45) is 0 Å². The number of furan rings is 1. The van der Waals surface area contributed by atoms with Crippen molar-refractivity contribution in [2.45, 2.75) is 39.7 Å². The van der Waals surface area contributed by atoms with E-state index >= 15 is 0 Å². The second-order valence-electron chi connectivity index (χ2n) is 5.54. The van der Waals surface area contributed by atoms with Gasteiger partial charge in [-0.3, -0.25) is 0 Å². The Hall–Kier alpha value is -1.32. The molecule has 0 fully saturated rings. The van der Waals surface area contributed by atoms with Gasteiger partial charge in [0, 0.05) is 11.9 Å². The molecular weight excluding hydrogens is 260 g/mol. The van der Waals surface area contributed by atoms with E-state index in [9.17, 15) is 0 Å². The van der Waals surface area contributed by atoms with Crippen molar-refractivity contribution in [3.8, 4) is 0 Å². The van der Waals surface area contributed by atoms with Crippen LogP contribution in [0.3, 0.4) is 0 Å². The van der Waals surface area contributed by atoms with E-state index in [1.54, 1.807) is 0 Å². The molecule has 0 spiro atoms. The SMILES string of the molecule is CCCCN(CC)CC(NCC)c1cc2ccccc2o1. The lowest BCUT2D eigenvalue weighted by Gasteiger charge is -2.25. The monoisotopic (exact) mass is 288 g/mol. The zero-order chi connectivity index (χ0) is 15.1. The van der Waals surface area contributed by atoms with E-state index in [2.05, 4.69) is 49.2 Å². The number of likely N-dealkylation sites (N-methyl/N-ethyl adjacent to an activating group) is 2. The fraction of sp³-hybridized carbons (Fsp3) is 0.556. The average Bonchev–Trinajstić information content (AvgIpc) is 2.94. The molecular formula is C18H28N2O. The summed E-state index contributed by atoms with van der Waals surface area (Å²) in [6.07, 6.45) is 2.50. The van der Waals surface area contributed by atoms with Gasteiger partial charge >= 0.3 is 0 Å². The lowest BCUT2D eigenvalue weighted by Crippen LogP contribution is -2.35. The highest BCUT2D eigenvalue weighted by atomic mass is 16.3. The van der Waals surface area contributed by atoms with Crippen molar-refractivity contribution in [1.29, 1.82) is 0 Å². The fourth-order valence-corrected chi connectivity index (χ4v) is 2.69. The van der Waals surface area contributed by atoms with Crippen LogP contribution in [0.15, 0.2) is 34.7 Å². The minimum absolute atomic E-state index is 0.263. The fourth-order valence-electron chi connectivity index (χ4n) is 2.69. The topological polar surface area (TPSA) is 28.4 Å². The summed E-state index contributed by atoms with van der Waals surface area (Å²) < 4.78 is 6.04. The Morgan fingerprint density at radius 3 is 2.67 bits per heavy atom. The van der Waals surface area contributed by atoms with Gasteiger partial charge in [-0.2, -0.15) is 0 Å². The number of nitrogens with zero attached hydrogens (tertiary/aromatic N) is 1. The molecule has 1 heterocycles. The Kier molecular flexibility index (Phi) is 6.27. The summed E-state index contributed by atoms with van der Waals surface area (Å²) in [5.41, 5.74) is 0.979. The van der Waals surface area contributed by atoms with Crippen molar-refractivity contribution in [2.75, 3.05) is 26.2 Å². The lowest BCUT2D eigenvalue weighted by molar-refractivity contribution is 0.239. The van der Waals surface area contributed by atoms with Gasteiger partial charge < -0.3 is 14.6 Å². The van der Waals surface area contributed by atoms with Crippen LogP contribution in [0.5, 0.6) is 0 Å². The second-order valence-corrected chi connectivity index (χ2v) is 5.54. The van der Waals surface area contributed by atoms with Gasteiger partial charge in [-0.05, 0) is 38.2 Å². The predicted octanol–water partition coefficient (Wildman–Crippen LogP) is 4.21. The molecule has 0 radical (unpaired) electrons. The number of rotatable bonds is 9. The zero-order valence-electron chi connectivity index (χ0n) is 13.6. The molecule has 116 valence electrons. The van der Waals surface area contributed by atoms with Gasteiger partial charge in [0.25, 0.3) is 0 Å². The van der Waals surface area contributed by atoms with E-state index in [4.69, 9.17) is 4.42 Å². The quantitative estimate of drug-likeness (QED) is 0.749. The minimum Gasteiger partial charge on any atom is -0.459 e. The molecule has 0 saturated carbocycles. The molecule has 0 bridgehead atoms. The van der Waals surface area contributed by atoms with Gasteiger partial charge in [0.2, 0.25) is 0 Å². The van der Waals surface area contributed by atoms with Gasteiger partial charge in [0.05, 0.1) is 6.04 Å². The molecule has 1 unspecified atom stereocenters. The highest BCUT2D eigenvalue weighted by Crippen LogP contribution is 2.24. The van der Waals surface area contributed by atoms with E-state index in [0.717, 1.165) is 37.5 Å². The molecule has 0 amide bonds. The first-order chi connectivity index (χ1) is 10.3. The molecule has 1 aromatic carbocycles. The summed E-state index contributed by atoms with van der Waals surface area (Å²) in [6, 6.07) is 10.7. The third-order valence-electron chi connectivity index (χ3n) is 3.95. The van der Waals surface area contributed by atoms with Crippen LogP contribution in [-0.2, 0) is 0 Å². The Morgan fingerprint density at radius 2 is 2.00 bits per heavy atom. The molecule has 0 aliphatic heterocycles. The first-order valence-electron chi connectivity index (χ1n) is 8.22. The first-order valence-corrected chi connectivity index (χ1v) is 8.22. The highest BCUT2D eigenvalue weighted by Gasteiger charge is 2.18. The third kappa shape index (κ3) is 4.32. The summed E-state index contributed by atoms with van der Waals surface area (Å²) in [4.78, 5) is 2.50. The van der Waals surface area contributed by atoms with Gasteiger partial charge in [0.1, 0.15) is 11.3 Å². The second kappa shape index (κ2) is 8.20. The first kappa shape index (κ1) is 16.1. The Labute approximate surface area is 128 Å². The molecule has 1 N–H and O–H groups in total. The maximum atomic E-state index is 6.04. The molecule has 3 heteroatoms. The van der Waals surface area contributed by atoms with Crippen LogP contribution in [0.1, 0.15) is 45.4 Å². The van der Waals surface area contributed by atoms with E-state index in [0.29, 0.717) is 0 Å². The molecule has 3 nitrogen and oxygen atoms in total. The maximum absolute atomic E-state index is 6.04. The highest BCUT2D eigenvalue weighted by molar-refractivity contribution is 5.77. The Balaban J connectivity index is 2.13. The molecule has 0 saturated heterocycles. The van der Waals surface area contributed by atoms with Crippen molar-refractivity contribution < 1.29 is 4.42 Å². The van der Waals surface area contributed by atoms with Crippen LogP contribution in [0.25, 0.3) is 11.0 Å². The van der Waals surface area contributed by atoms with Crippen molar-refractivity contribution in [3.05, 3.63) is 36.1 Å². The summed E-state index contributed by atoms with van der Waals surface area (Å²) in [5.74, 6) is 1.05. The molecule has 2 aromatic rings. The molecule has 2 rings (SSSR count). The normalized spacial score (nSPS) is 13.1. The van der Waals surface area contributed by atoms with Crippen LogP contribution >= 0.6 is 0 Å². The van der Waals surface area contributed by atoms with Crippen LogP contribution in [0.4, 0.5) is 0 Å². The number of para-hydroxylation sites is 1. The van der Waals surface area contributed by atoms with E-state index in [-0.39, 0.29) is 6.04 Å². The van der Waals surface area contributed by atoms with Crippen LogP contribution in [-0.4, -0.2) is 31.1 Å². The molecule has 0 aliphatic rings. The predicted molar refractivity (Wildman–Crippen MR) is 89.7 cm³/mol. The third-order valence-corrected chi connectivity index (χ3v) is 3.95. The largest absolute Gasteiger partial charge is 0.459 e. The summed E-state index contributed by atoms with van der Waals surface area (Å²) in [6.45, 7) is 10.8.